The highest BCUT2D eigenvalue weighted by molar-refractivity contribution is 5.71. The minimum atomic E-state index is -0.305. The fourth-order valence-corrected chi connectivity index (χ4v) is 2.77. The van der Waals surface area contributed by atoms with Gasteiger partial charge in [-0.15, -0.1) is 0 Å². The molecule has 2 heterocycles. The second-order valence-corrected chi connectivity index (χ2v) is 6.37. The van der Waals surface area contributed by atoms with E-state index in [0.717, 1.165) is 5.82 Å². The van der Waals surface area contributed by atoms with Gasteiger partial charge in [-0.1, -0.05) is 20.8 Å². The van der Waals surface area contributed by atoms with E-state index in [1.165, 1.54) is 4.57 Å². The number of nitrogens with zero attached hydrogens (tertiary/aromatic N) is 4. The standard InChI is InChI=1S/C15H25N5O2/c1-6-18-11-10(12(21)19(7-2)14(18)22)20(9-8-16)13(17-11)15(3,4)5/h6-9,16H2,1-5H3. The first-order valence-corrected chi connectivity index (χ1v) is 7.72. The Morgan fingerprint density at radius 1 is 1.05 bits per heavy atom. The molecule has 2 aromatic heterocycles. The second-order valence-electron chi connectivity index (χ2n) is 6.37. The number of hydrogen-bond acceptors (Lipinski definition) is 4. The number of hydrogen-bond donors (Lipinski definition) is 1. The van der Waals surface area contributed by atoms with E-state index in [9.17, 15) is 9.59 Å². The highest BCUT2D eigenvalue weighted by Gasteiger charge is 2.26. The number of rotatable bonds is 4. The normalized spacial score (nSPS) is 12.3. The molecule has 7 heteroatoms. The Hall–Kier alpha value is -1.89. The first-order valence-electron chi connectivity index (χ1n) is 7.72. The molecule has 0 radical (unpaired) electrons. The molecule has 0 aromatic carbocycles. The third-order valence-corrected chi connectivity index (χ3v) is 3.77. The van der Waals surface area contributed by atoms with Gasteiger partial charge in [0, 0.05) is 31.6 Å². The summed E-state index contributed by atoms with van der Waals surface area (Å²) in [7, 11) is 0. The van der Waals surface area contributed by atoms with Crippen LogP contribution in [0, 0.1) is 0 Å². The maximum atomic E-state index is 12.7. The van der Waals surface area contributed by atoms with Crippen LogP contribution < -0.4 is 17.0 Å². The van der Waals surface area contributed by atoms with Crippen LogP contribution in [0.3, 0.4) is 0 Å². The largest absolute Gasteiger partial charge is 0.332 e. The van der Waals surface area contributed by atoms with Crippen molar-refractivity contribution in [2.45, 2.75) is 59.7 Å². The van der Waals surface area contributed by atoms with Crippen molar-refractivity contribution in [3.8, 4) is 0 Å². The summed E-state index contributed by atoms with van der Waals surface area (Å²) in [6.07, 6.45) is 0. The van der Waals surface area contributed by atoms with Gasteiger partial charge in [-0.3, -0.25) is 13.9 Å². The molecule has 0 saturated carbocycles. The van der Waals surface area contributed by atoms with Gasteiger partial charge >= 0.3 is 5.69 Å². The van der Waals surface area contributed by atoms with E-state index in [2.05, 4.69) is 4.98 Å². The minimum absolute atomic E-state index is 0.244. The van der Waals surface area contributed by atoms with Crippen molar-refractivity contribution in [3.05, 3.63) is 26.7 Å². The van der Waals surface area contributed by atoms with Crippen LogP contribution in [0.1, 0.15) is 40.4 Å². The molecule has 0 bridgehead atoms. The maximum Gasteiger partial charge on any atom is 0.332 e. The lowest BCUT2D eigenvalue weighted by atomic mass is 9.95. The van der Waals surface area contributed by atoms with Gasteiger partial charge in [0.05, 0.1) is 0 Å². The topological polar surface area (TPSA) is 87.8 Å². The molecule has 2 N–H and O–H groups in total. The lowest BCUT2D eigenvalue weighted by molar-refractivity contribution is 0.505. The highest BCUT2D eigenvalue weighted by atomic mass is 16.2. The van der Waals surface area contributed by atoms with Crippen LogP contribution in [-0.4, -0.2) is 25.2 Å². The number of imidazole rings is 1. The van der Waals surface area contributed by atoms with E-state index < -0.39 is 0 Å². The molecule has 2 rings (SSSR count). The van der Waals surface area contributed by atoms with Crippen molar-refractivity contribution in [2.75, 3.05) is 6.54 Å². The van der Waals surface area contributed by atoms with E-state index in [1.54, 1.807) is 11.5 Å². The van der Waals surface area contributed by atoms with E-state index in [0.29, 0.717) is 37.3 Å². The Bertz CT molecular complexity index is 804. The van der Waals surface area contributed by atoms with Gasteiger partial charge in [0.25, 0.3) is 5.56 Å². The smallest absolute Gasteiger partial charge is 0.329 e. The van der Waals surface area contributed by atoms with Gasteiger partial charge in [0.1, 0.15) is 5.82 Å². The van der Waals surface area contributed by atoms with E-state index >= 15 is 0 Å². The van der Waals surface area contributed by atoms with Crippen LogP contribution in [0.5, 0.6) is 0 Å². The van der Waals surface area contributed by atoms with Crippen molar-refractivity contribution in [1.82, 2.24) is 18.7 Å². The molecule has 7 nitrogen and oxygen atoms in total. The third kappa shape index (κ3) is 2.39. The summed E-state index contributed by atoms with van der Waals surface area (Å²) in [5, 5.41) is 0. The van der Waals surface area contributed by atoms with Gasteiger partial charge in [-0.2, -0.15) is 0 Å². The molecule has 2 aromatic rings. The highest BCUT2D eigenvalue weighted by Crippen LogP contribution is 2.24. The predicted octanol–water partition coefficient (Wildman–Crippen LogP) is 0.656. The molecule has 0 aliphatic heterocycles. The monoisotopic (exact) mass is 307 g/mol. The van der Waals surface area contributed by atoms with Crippen molar-refractivity contribution >= 4 is 11.2 Å². The molecule has 0 aliphatic rings. The predicted molar refractivity (Wildman–Crippen MR) is 87.4 cm³/mol. The summed E-state index contributed by atoms with van der Waals surface area (Å²) in [4.78, 5) is 29.8. The summed E-state index contributed by atoms with van der Waals surface area (Å²) in [5.74, 6) is 0.778. The summed E-state index contributed by atoms with van der Waals surface area (Å²) in [6.45, 7) is 11.5. The molecule has 0 unspecified atom stereocenters. The number of aromatic nitrogens is 4. The molecule has 0 atom stereocenters. The lowest BCUT2D eigenvalue weighted by Gasteiger charge is -2.19. The van der Waals surface area contributed by atoms with Gasteiger partial charge < -0.3 is 10.3 Å². The molecule has 0 fully saturated rings. The van der Waals surface area contributed by atoms with Crippen molar-refractivity contribution in [2.24, 2.45) is 5.73 Å². The van der Waals surface area contributed by atoms with Crippen LogP contribution in [0.25, 0.3) is 11.2 Å². The van der Waals surface area contributed by atoms with Crippen LogP contribution in [0.4, 0.5) is 0 Å². The zero-order chi connectivity index (χ0) is 16.7. The average Bonchev–Trinajstić information content (AvgIpc) is 2.80. The fraction of sp³-hybridized carbons (Fsp3) is 0.667. The maximum absolute atomic E-state index is 12.7. The summed E-state index contributed by atoms with van der Waals surface area (Å²) in [6, 6.07) is 0. The van der Waals surface area contributed by atoms with Gasteiger partial charge in [0.15, 0.2) is 11.2 Å². The van der Waals surface area contributed by atoms with Crippen molar-refractivity contribution in [3.63, 3.8) is 0 Å². The van der Waals surface area contributed by atoms with Crippen LogP contribution in [-0.2, 0) is 25.0 Å². The minimum Gasteiger partial charge on any atom is -0.329 e. The molecule has 122 valence electrons. The summed E-state index contributed by atoms with van der Waals surface area (Å²) >= 11 is 0. The molecule has 0 amide bonds. The number of nitrogens with two attached hydrogens (primary N) is 1. The Kier molecular flexibility index (Phi) is 4.28. The Morgan fingerprint density at radius 2 is 1.64 bits per heavy atom. The summed E-state index contributed by atoms with van der Waals surface area (Å²) < 4.78 is 4.69. The summed E-state index contributed by atoms with van der Waals surface area (Å²) in [5.41, 5.74) is 5.81. The SMILES string of the molecule is CCn1c(=O)c2c(nc(C(C)(C)C)n2CCN)n(CC)c1=O. The van der Waals surface area contributed by atoms with Crippen LogP contribution in [0.15, 0.2) is 9.59 Å². The first-order chi connectivity index (χ1) is 10.3. The van der Waals surface area contributed by atoms with Gasteiger partial charge in [-0.25, -0.2) is 9.78 Å². The van der Waals surface area contributed by atoms with Crippen molar-refractivity contribution < 1.29 is 0 Å². The van der Waals surface area contributed by atoms with E-state index in [4.69, 9.17) is 5.73 Å². The lowest BCUT2D eigenvalue weighted by Crippen LogP contribution is -2.40. The third-order valence-electron chi connectivity index (χ3n) is 3.77. The zero-order valence-corrected chi connectivity index (χ0v) is 14.0. The number of fused-ring (bicyclic) bond motifs is 1. The Morgan fingerprint density at radius 3 is 2.09 bits per heavy atom. The van der Waals surface area contributed by atoms with E-state index in [-0.39, 0.29) is 16.7 Å². The Labute approximate surface area is 129 Å². The molecule has 22 heavy (non-hydrogen) atoms. The van der Waals surface area contributed by atoms with Crippen molar-refractivity contribution in [1.29, 1.82) is 0 Å². The first kappa shape index (κ1) is 16.5. The van der Waals surface area contributed by atoms with Gasteiger partial charge in [-0.05, 0) is 13.8 Å². The quantitative estimate of drug-likeness (QED) is 0.898. The molecule has 0 spiro atoms. The Balaban J connectivity index is 3.06. The molecule has 0 saturated heterocycles. The number of aryl methyl sites for hydroxylation is 1. The van der Waals surface area contributed by atoms with E-state index in [1.807, 2.05) is 32.3 Å². The van der Waals surface area contributed by atoms with Gasteiger partial charge in [0.2, 0.25) is 0 Å². The zero-order valence-electron chi connectivity index (χ0n) is 14.0. The molecule has 0 aliphatic carbocycles. The average molecular weight is 307 g/mol. The molecular weight excluding hydrogens is 282 g/mol. The van der Waals surface area contributed by atoms with Crippen LogP contribution in [0.2, 0.25) is 0 Å². The second kappa shape index (κ2) is 5.72. The fourth-order valence-electron chi connectivity index (χ4n) is 2.77. The molecular formula is C15H25N5O2. The van der Waals surface area contributed by atoms with Crippen LogP contribution >= 0.6 is 0 Å².